The van der Waals surface area contributed by atoms with E-state index in [4.69, 9.17) is 9.98 Å². The predicted octanol–water partition coefficient (Wildman–Crippen LogP) is 1.21. The zero-order chi connectivity index (χ0) is 23.2. The fourth-order valence-electron chi connectivity index (χ4n) is 3.70. The van der Waals surface area contributed by atoms with Gasteiger partial charge in [0.25, 0.3) is 0 Å². The number of nitrogens with one attached hydrogen (secondary N) is 3. The van der Waals surface area contributed by atoms with Gasteiger partial charge in [-0.3, -0.25) is 14.7 Å². The molecular formula is C23H21N9O2. The van der Waals surface area contributed by atoms with Gasteiger partial charge in [-0.15, -0.1) is 0 Å². The zero-order valence-corrected chi connectivity index (χ0v) is 18.2. The maximum absolute atomic E-state index is 11.5. The smallest absolute Gasteiger partial charge is 0.326 e. The standard InChI is InChI=1S/C23H21N9O2/c1-31-9-8-17(30-31)13-2-4-15(5-3-13)25-19-11-20(26-16-6-7-16)32-21(28-19)14(12-24-32)10-18-22(33)29-23(34)27-18/h2-5,8-12,16,25,33H,6-7H2,1H3,(H2,27,29,34)/b14-10-,26-20?. The summed E-state index contributed by atoms with van der Waals surface area (Å²) in [4.78, 5) is 25.9. The number of aromatic nitrogens is 7. The highest BCUT2D eigenvalue weighted by molar-refractivity contribution is 5.66. The van der Waals surface area contributed by atoms with Gasteiger partial charge in [-0.05, 0) is 37.1 Å². The Labute approximate surface area is 192 Å². The molecule has 0 atom stereocenters. The van der Waals surface area contributed by atoms with Crippen LogP contribution in [0.2, 0.25) is 0 Å². The van der Waals surface area contributed by atoms with Crippen molar-refractivity contribution in [2.75, 3.05) is 5.32 Å². The lowest BCUT2D eigenvalue weighted by atomic mass is 10.1. The van der Waals surface area contributed by atoms with E-state index in [0.29, 0.717) is 22.2 Å². The molecule has 1 fully saturated rings. The molecule has 170 valence electrons. The van der Waals surface area contributed by atoms with Crippen LogP contribution in [0.3, 0.4) is 0 Å². The number of fused-ring (bicyclic) bond motifs is 1. The Kier molecular flexibility index (Phi) is 4.54. The third-order valence-corrected chi connectivity index (χ3v) is 5.54. The van der Waals surface area contributed by atoms with Crippen molar-refractivity contribution in [1.29, 1.82) is 0 Å². The Bertz CT molecular complexity index is 1680. The molecule has 6 rings (SSSR count). The highest BCUT2D eigenvalue weighted by Crippen LogP contribution is 2.23. The van der Waals surface area contributed by atoms with E-state index in [1.54, 1.807) is 21.5 Å². The molecule has 1 aliphatic carbocycles. The van der Waals surface area contributed by atoms with Crippen molar-refractivity contribution in [2.45, 2.75) is 18.9 Å². The lowest BCUT2D eigenvalue weighted by molar-refractivity contribution is 0.454. The van der Waals surface area contributed by atoms with Crippen molar-refractivity contribution >= 4 is 23.2 Å². The summed E-state index contributed by atoms with van der Waals surface area (Å²) in [6.45, 7) is 0. The molecule has 0 amide bonds. The van der Waals surface area contributed by atoms with Gasteiger partial charge < -0.3 is 15.4 Å². The molecule has 0 aliphatic heterocycles. The van der Waals surface area contributed by atoms with Crippen LogP contribution in [0.5, 0.6) is 5.88 Å². The van der Waals surface area contributed by atoms with Gasteiger partial charge in [0.2, 0.25) is 5.88 Å². The van der Waals surface area contributed by atoms with Crippen LogP contribution in [-0.4, -0.2) is 45.5 Å². The molecule has 11 heteroatoms. The summed E-state index contributed by atoms with van der Waals surface area (Å²) in [6, 6.07) is 12.1. The van der Waals surface area contributed by atoms with E-state index in [9.17, 15) is 9.90 Å². The van der Waals surface area contributed by atoms with Gasteiger partial charge in [0.15, 0.2) is 11.1 Å². The molecule has 4 heterocycles. The Morgan fingerprint density at radius 2 is 2.03 bits per heavy atom. The van der Waals surface area contributed by atoms with Crippen LogP contribution >= 0.6 is 0 Å². The SMILES string of the molecule is Cn1ccc(-c2ccc(Nc3cc(=NC4CC4)n4nc/c(=C/c5[nH]c(=O)[nH]c5O)c4n3)cc2)n1. The zero-order valence-electron chi connectivity index (χ0n) is 18.2. The lowest BCUT2D eigenvalue weighted by Crippen LogP contribution is -2.19. The van der Waals surface area contributed by atoms with Crippen molar-refractivity contribution in [3.8, 4) is 17.1 Å². The first-order chi connectivity index (χ1) is 16.5. The van der Waals surface area contributed by atoms with Crippen molar-refractivity contribution in [2.24, 2.45) is 12.0 Å². The molecule has 0 radical (unpaired) electrons. The molecule has 34 heavy (non-hydrogen) atoms. The van der Waals surface area contributed by atoms with Crippen LogP contribution < -0.4 is 21.7 Å². The highest BCUT2D eigenvalue weighted by Gasteiger charge is 2.20. The van der Waals surface area contributed by atoms with Crippen molar-refractivity contribution in [1.82, 2.24) is 34.3 Å². The van der Waals surface area contributed by atoms with Crippen molar-refractivity contribution in [3.63, 3.8) is 0 Å². The number of benzene rings is 1. The largest absolute Gasteiger partial charge is 0.493 e. The number of anilines is 2. The van der Waals surface area contributed by atoms with Gasteiger partial charge >= 0.3 is 5.69 Å². The minimum atomic E-state index is -0.492. The Morgan fingerprint density at radius 3 is 2.71 bits per heavy atom. The molecule has 11 nitrogen and oxygen atoms in total. The van der Waals surface area contributed by atoms with Crippen LogP contribution in [0.25, 0.3) is 23.0 Å². The summed E-state index contributed by atoms with van der Waals surface area (Å²) in [5.74, 6) is 0.369. The molecule has 5 aromatic rings. The molecular weight excluding hydrogens is 434 g/mol. The quantitative estimate of drug-likeness (QED) is 0.314. The number of rotatable bonds is 5. The van der Waals surface area contributed by atoms with E-state index in [1.165, 1.54) is 0 Å². The monoisotopic (exact) mass is 455 g/mol. The summed E-state index contributed by atoms with van der Waals surface area (Å²) in [5, 5.41) is 22.8. The predicted molar refractivity (Wildman–Crippen MR) is 125 cm³/mol. The van der Waals surface area contributed by atoms with Gasteiger partial charge in [-0.2, -0.15) is 14.7 Å². The number of H-pyrrole nitrogens is 2. The number of imidazole rings is 1. The van der Waals surface area contributed by atoms with Crippen molar-refractivity contribution in [3.05, 3.63) is 75.7 Å². The number of hydrogen-bond acceptors (Lipinski definition) is 7. The average molecular weight is 455 g/mol. The van der Waals surface area contributed by atoms with E-state index < -0.39 is 5.69 Å². The van der Waals surface area contributed by atoms with Crippen LogP contribution in [0.1, 0.15) is 18.5 Å². The second-order valence-electron chi connectivity index (χ2n) is 8.26. The maximum atomic E-state index is 11.5. The molecule has 4 N–H and O–H groups in total. The minimum absolute atomic E-state index is 0.241. The first-order valence-corrected chi connectivity index (χ1v) is 10.8. The number of aromatic amines is 2. The third-order valence-electron chi connectivity index (χ3n) is 5.54. The molecule has 0 saturated heterocycles. The van der Waals surface area contributed by atoms with E-state index >= 15 is 0 Å². The van der Waals surface area contributed by atoms with E-state index in [1.807, 2.05) is 49.6 Å². The van der Waals surface area contributed by atoms with Gasteiger partial charge in [0.05, 0.1) is 17.9 Å². The normalized spacial score (nSPS) is 14.9. The van der Waals surface area contributed by atoms with Gasteiger partial charge in [-0.1, -0.05) is 12.1 Å². The van der Waals surface area contributed by atoms with E-state index in [2.05, 4.69) is 25.5 Å². The Morgan fingerprint density at radius 1 is 1.21 bits per heavy atom. The summed E-state index contributed by atoms with van der Waals surface area (Å²) in [6.07, 6.45) is 7.27. The van der Waals surface area contributed by atoms with Gasteiger partial charge in [0.1, 0.15) is 11.5 Å². The molecule has 1 aliphatic rings. The second kappa shape index (κ2) is 7.73. The van der Waals surface area contributed by atoms with Gasteiger partial charge in [0, 0.05) is 35.8 Å². The second-order valence-corrected chi connectivity index (χ2v) is 8.26. The highest BCUT2D eigenvalue weighted by atomic mass is 16.3. The van der Waals surface area contributed by atoms with Crippen LogP contribution in [0, 0.1) is 0 Å². The Hall–Kier alpha value is -4.67. The minimum Gasteiger partial charge on any atom is -0.493 e. The molecule has 1 aromatic carbocycles. The first kappa shape index (κ1) is 20.0. The van der Waals surface area contributed by atoms with Gasteiger partial charge in [-0.25, -0.2) is 9.78 Å². The first-order valence-electron chi connectivity index (χ1n) is 10.8. The molecule has 4 aromatic heterocycles. The van der Waals surface area contributed by atoms with Crippen molar-refractivity contribution < 1.29 is 5.11 Å². The third kappa shape index (κ3) is 3.83. The van der Waals surface area contributed by atoms with E-state index in [0.717, 1.165) is 29.8 Å². The number of aryl methyl sites for hydroxylation is 1. The lowest BCUT2D eigenvalue weighted by Gasteiger charge is -2.07. The molecule has 0 unspecified atom stereocenters. The topological polar surface area (TPSA) is 141 Å². The maximum Gasteiger partial charge on any atom is 0.326 e. The number of hydrogen-bond donors (Lipinski definition) is 4. The van der Waals surface area contributed by atoms with Crippen LogP contribution in [-0.2, 0) is 7.05 Å². The average Bonchev–Trinajstić information content (AvgIpc) is 3.22. The fraction of sp³-hybridized carbons (Fsp3) is 0.174. The summed E-state index contributed by atoms with van der Waals surface area (Å²) >= 11 is 0. The fourth-order valence-corrected chi connectivity index (χ4v) is 3.70. The molecule has 1 saturated carbocycles. The Balaban J connectivity index is 1.41. The number of nitrogens with zero attached hydrogens (tertiary/aromatic N) is 6. The summed E-state index contributed by atoms with van der Waals surface area (Å²) in [7, 11) is 1.89. The number of aromatic hydroxyl groups is 1. The molecule has 0 spiro atoms. The van der Waals surface area contributed by atoms with Crippen LogP contribution in [0.4, 0.5) is 11.5 Å². The van der Waals surface area contributed by atoms with E-state index in [-0.39, 0.29) is 17.6 Å². The van der Waals surface area contributed by atoms with Crippen LogP contribution in [0.15, 0.2) is 58.6 Å². The molecule has 0 bridgehead atoms. The summed E-state index contributed by atoms with van der Waals surface area (Å²) in [5.41, 5.74) is 3.80. The summed E-state index contributed by atoms with van der Waals surface area (Å²) < 4.78 is 3.44.